The molecule has 1 aliphatic rings. The van der Waals surface area contributed by atoms with Gasteiger partial charge in [-0.15, -0.1) is 16.8 Å². The molecule has 0 saturated heterocycles. The van der Waals surface area contributed by atoms with E-state index in [1.807, 2.05) is 47.7 Å². The molecule has 4 rings (SSSR count). The topological polar surface area (TPSA) is 60.2 Å². The van der Waals surface area contributed by atoms with Crippen LogP contribution in [0.3, 0.4) is 0 Å². The molecule has 0 fully saturated rings. The van der Waals surface area contributed by atoms with E-state index in [1.165, 1.54) is 22.9 Å². The molecular formula is C26H30N4O2S. The quantitative estimate of drug-likeness (QED) is 0.332. The van der Waals surface area contributed by atoms with E-state index in [0.717, 1.165) is 30.6 Å². The summed E-state index contributed by atoms with van der Waals surface area (Å²) in [5.74, 6) is 1.90. The summed E-state index contributed by atoms with van der Waals surface area (Å²) in [5.41, 5.74) is 3.76. The number of aromatic nitrogens is 3. The first-order valence-electron chi connectivity index (χ1n) is 11.3. The molecule has 0 spiro atoms. The highest BCUT2D eigenvalue weighted by Crippen LogP contribution is 2.34. The Balaban J connectivity index is 1.40. The number of rotatable bonds is 9. The lowest BCUT2D eigenvalue weighted by Crippen LogP contribution is -2.34. The summed E-state index contributed by atoms with van der Waals surface area (Å²) < 4.78 is 7.86. The summed E-state index contributed by atoms with van der Waals surface area (Å²) in [5, 5.41) is 9.33. The lowest BCUT2D eigenvalue weighted by molar-refractivity contribution is -0.129. The molecule has 0 saturated carbocycles. The summed E-state index contributed by atoms with van der Waals surface area (Å²) in [6, 6.07) is 16.5. The summed E-state index contributed by atoms with van der Waals surface area (Å²) in [4.78, 5) is 14.9. The number of carbonyl (C=O) groups is 1. The molecule has 1 atom stereocenters. The molecule has 3 aromatic rings. The summed E-state index contributed by atoms with van der Waals surface area (Å²) in [7, 11) is 1.91. The van der Waals surface area contributed by atoms with Gasteiger partial charge in [-0.2, -0.15) is 0 Å². The van der Waals surface area contributed by atoms with E-state index >= 15 is 0 Å². The van der Waals surface area contributed by atoms with Gasteiger partial charge in [0.05, 0.1) is 11.8 Å². The van der Waals surface area contributed by atoms with Gasteiger partial charge in [0.15, 0.2) is 11.0 Å². The predicted molar refractivity (Wildman–Crippen MR) is 131 cm³/mol. The summed E-state index contributed by atoms with van der Waals surface area (Å²) in [6.45, 7) is 6.74. The molecule has 0 N–H and O–H groups in total. The van der Waals surface area contributed by atoms with Gasteiger partial charge >= 0.3 is 0 Å². The van der Waals surface area contributed by atoms with Gasteiger partial charge in [0.25, 0.3) is 0 Å². The first-order chi connectivity index (χ1) is 16.1. The van der Waals surface area contributed by atoms with Crippen LogP contribution < -0.4 is 4.74 Å². The van der Waals surface area contributed by atoms with E-state index in [0.29, 0.717) is 29.9 Å². The summed E-state index contributed by atoms with van der Waals surface area (Å²) in [6.07, 6.45) is 4.99. The molecule has 0 aliphatic heterocycles. The van der Waals surface area contributed by atoms with Crippen LogP contribution in [0.4, 0.5) is 0 Å². The molecule has 1 heterocycles. The van der Waals surface area contributed by atoms with E-state index in [9.17, 15) is 4.79 Å². The van der Waals surface area contributed by atoms with Crippen molar-refractivity contribution < 1.29 is 9.53 Å². The van der Waals surface area contributed by atoms with Gasteiger partial charge in [0.1, 0.15) is 12.4 Å². The third-order valence-corrected chi connectivity index (χ3v) is 6.94. The monoisotopic (exact) mass is 462 g/mol. The van der Waals surface area contributed by atoms with Crippen LogP contribution in [0.15, 0.2) is 66.3 Å². The van der Waals surface area contributed by atoms with E-state index in [1.54, 1.807) is 6.08 Å². The molecule has 1 unspecified atom stereocenters. The number of fused-ring (bicyclic) bond motifs is 1. The minimum Gasteiger partial charge on any atom is -0.486 e. The van der Waals surface area contributed by atoms with Gasteiger partial charge in [0.2, 0.25) is 5.91 Å². The average Bonchev–Trinajstić information content (AvgIpc) is 3.22. The van der Waals surface area contributed by atoms with Crippen LogP contribution in [-0.2, 0) is 24.4 Å². The highest BCUT2D eigenvalue weighted by Gasteiger charge is 2.27. The molecule has 33 heavy (non-hydrogen) atoms. The first-order valence-corrected chi connectivity index (χ1v) is 12.2. The van der Waals surface area contributed by atoms with E-state index in [4.69, 9.17) is 4.74 Å². The Hall–Kier alpha value is -3.06. The van der Waals surface area contributed by atoms with Crippen LogP contribution in [0.1, 0.15) is 41.4 Å². The molecule has 1 aromatic heterocycles. The maximum absolute atomic E-state index is 13.0. The second kappa shape index (κ2) is 10.7. The molecule has 7 heteroatoms. The zero-order valence-electron chi connectivity index (χ0n) is 19.2. The molecule has 1 aliphatic carbocycles. The van der Waals surface area contributed by atoms with Crippen molar-refractivity contribution in [2.45, 2.75) is 50.5 Å². The van der Waals surface area contributed by atoms with Crippen molar-refractivity contribution in [3.8, 4) is 5.75 Å². The van der Waals surface area contributed by atoms with Crippen LogP contribution in [0.5, 0.6) is 5.75 Å². The molecule has 1 amide bonds. The standard InChI is InChI=1S/C26H30N4O2S/c1-4-15-30-24(17-32-21-12-7-9-19(2)16-21)27-28-26(30)33-18-25(31)29(3)23-14-8-11-20-10-5-6-13-22(20)23/h4-7,9-10,12-13,16,23H,1,8,11,14-15,17-18H2,2-3H3. The molecule has 172 valence electrons. The van der Waals surface area contributed by atoms with Crippen LogP contribution in [0.25, 0.3) is 0 Å². The lowest BCUT2D eigenvalue weighted by atomic mass is 9.87. The van der Waals surface area contributed by atoms with Crippen LogP contribution in [0.2, 0.25) is 0 Å². The van der Waals surface area contributed by atoms with Gasteiger partial charge in [-0.05, 0) is 55.0 Å². The third kappa shape index (κ3) is 5.47. The van der Waals surface area contributed by atoms with Gasteiger partial charge < -0.3 is 9.64 Å². The number of hydrogen-bond acceptors (Lipinski definition) is 5. The van der Waals surface area contributed by atoms with E-state index in [2.05, 4.69) is 41.0 Å². The lowest BCUT2D eigenvalue weighted by Gasteiger charge is -2.33. The fourth-order valence-electron chi connectivity index (χ4n) is 4.23. The van der Waals surface area contributed by atoms with Crippen molar-refractivity contribution in [3.05, 3.63) is 83.7 Å². The number of nitrogens with zero attached hydrogens (tertiary/aromatic N) is 4. The number of ether oxygens (including phenoxy) is 1. The highest BCUT2D eigenvalue weighted by atomic mass is 32.2. The first kappa shape index (κ1) is 23.1. The Kier molecular flexibility index (Phi) is 7.50. The van der Waals surface area contributed by atoms with Crippen LogP contribution >= 0.6 is 11.8 Å². The van der Waals surface area contributed by atoms with E-state index in [-0.39, 0.29) is 11.9 Å². The number of amides is 1. The highest BCUT2D eigenvalue weighted by molar-refractivity contribution is 7.99. The van der Waals surface area contributed by atoms with Crippen LogP contribution in [0, 0.1) is 6.92 Å². The van der Waals surface area contributed by atoms with Gasteiger partial charge in [0, 0.05) is 13.6 Å². The summed E-state index contributed by atoms with van der Waals surface area (Å²) >= 11 is 1.41. The number of allylic oxidation sites excluding steroid dienone is 1. The average molecular weight is 463 g/mol. The fraction of sp³-hybridized carbons (Fsp3) is 0.346. The van der Waals surface area contributed by atoms with Crippen molar-refractivity contribution in [2.24, 2.45) is 0 Å². The zero-order valence-corrected chi connectivity index (χ0v) is 20.1. The number of carbonyl (C=O) groups excluding carboxylic acids is 1. The maximum atomic E-state index is 13.0. The predicted octanol–water partition coefficient (Wildman–Crippen LogP) is 4.98. The Morgan fingerprint density at radius 3 is 2.94 bits per heavy atom. The maximum Gasteiger partial charge on any atom is 0.233 e. The molecule has 2 aromatic carbocycles. The second-order valence-electron chi connectivity index (χ2n) is 8.30. The fourth-order valence-corrected chi connectivity index (χ4v) is 5.12. The molecule has 0 radical (unpaired) electrons. The number of aryl methyl sites for hydroxylation is 2. The zero-order chi connectivity index (χ0) is 23.2. The molecular weight excluding hydrogens is 432 g/mol. The van der Waals surface area contributed by atoms with Crippen molar-refractivity contribution in [2.75, 3.05) is 12.8 Å². The Morgan fingerprint density at radius 1 is 1.27 bits per heavy atom. The number of benzene rings is 2. The van der Waals surface area contributed by atoms with Gasteiger partial charge in [-0.3, -0.25) is 9.36 Å². The SMILES string of the molecule is C=CCn1c(COc2cccc(C)c2)nnc1SCC(=O)N(C)C1CCCc2ccccc21. The Labute approximate surface area is 199 Å². The smallest absolute Gasteiger partial charge is 0.233 e. The normalized spacial score (nSPS) is 15.0. The van der Waals surface area contributed by atoms with E-state index < -0.39 is 0 Å². The van der Waals surface area contributed by atoms with Crippen molar-refractivity contribution in [3.63, 3.8) is 0 Å². The third-order valence-electron chi connectivity index (χ3n) is 5.99. The minimum atomic E-state index is 0.0902. The molecule has 0 bridgehead atoms. The minimum absolute atomic E-state index is 0.0902. The molecule has 6 nitrogen and oxygen atoms in total. The van der Waals surface area contributed by atoms with Gasteiger partial charge in [-0.1, -0.05) is 54.2 Å². The van der Waals surface area contributed by atoms with Crippen molar-refractivity contribution in [1.82, 2.24) is 19.7 Å². The Bertz CT molecular complexity index is 1130. The number of thioether (sulfide) groups is 1. The Morgan fingerprint density at radius 2 is 2.12 bits per heavy atom. The second-order valence-corrected chi connectivity index (χ2v) is 9.25. The largest absolute Gasteiger partial charge is 0.486 e. The number of hydrogen-bond donors (Lipinski definition) is 0. The van der Waals surface area contributed by atoms with Crippen molar-refractivity contribution in [1.29, 1.82) is 0 Å². The van der Waals surface area contributed by atoms with Crippen LogP contribution in [-0.4, -0.2) is 38.4 Å². The van der Waals surface area contributed by atoms with Crippen molar-refractivity contribution >= 4 is 17.7 Å². The van der Waals surface area contributed by atoms with Gasteiger partial charge in [-0.25, -0.2) is 0 Å².